The number of anilines is 1. The monoisotopic (exact) mass is 283 g/mol. The van der Waals surface area contributed by atoms with Gasteiger partial charge in [-0.15, -0.1) is 0 Å². The lowest BCUT2D eigenvalue weighted by molar-refractivity contribution is 0.311. The fourth-order valence-electron chi connectivity index (χ4n) is 3.36. The average Bonchev–Trinajstić information content (AvgIpc) is 2.53. The predicted octanol–water partition coefficient (Wildman–Crippen LogP) is 3.57. The van der Waals surface area contributed by atoms with E-state index in [1.807, 2.05) is 6.07 Å². The van der Waals surface area contributed by atoms with Crippen molar-refractivity contribution < 1.29 is 0 Å². The number of benzene rings is 1. The zero-order chi connectivity index (χ0) is 14.8. The molecule has 0 atom stereocenters. The Hall–Kier alpha value is -1.61. The molecule has 1 fully saturated rings. The number of nitrogens with zero attached hydrogens (tertiary/aromatic N) is 2. The first-order valence-corrected chi connectivity index (χ1v) is 8.02. The Bertz CT molecular complexity index is 613. The lowest BCUT2D eigenvalue weighted by Gasteiger charge is -2.35. The molecule has 0 radical (unpaired) electrons. The van der Waals surface area contributed by atoms with Crippen molar-refractivity contribution in [1.82, 2.24) is 4.98 Å². The van der Waals surface area contributed by atoms with Crippen molar-refractivity contribution >= 4 is 16.7 Å². The maximum absolute atomic E-state index is 5.93. The molecular weight excluding hydrogens is 258 g/mol. The van der Waals surface area contributed by atoms with Crippen molar-refractivity contribution in [3.8, 4) is 0 Å². The molecule has 2 aromatic rings. The summed E-state index contributed by atoms with van der Waals surface area (Å²) in [6.45, 7) is 7.46. The minimum atomic E-state index is 0.568. The van der Waals surface area contributed by atoms with E-state index in [2.05, 4.69) is 43.0 Å². The first kappa shape index (κ1) is 14.3. The zero-order valence-corrected chi connectivity index (χ0v) is 13.0. The molecule has 0 bridgehead atoms. The van der Waals surface area contributed by atoms with Gasteiger partial charge in [-0.2, -0.15) is 0 Å². The maximum atomic E-state index is 5.93. The molecule has 1 aromatic heterocycles. The summed E-state index contributed by atoms with van der Waals surface area (Å²) in [6.07, 6.45) is 2.54. The summed E-state index contributed by atoms with van der Waals surface area (Å²) in [7, 11) is 0. The zero-order valence-electron chi connectivity index (χ0n) is 13.0. The number of hydrogen-bond acceptors (Lipinski definition) is 3. The summed E-state index contributed by atoms with van der Waals surface area (Å²) < 4.78 is 0. The maximum Gasteiger partial charge on any atom is 0.129 e. The highest BCUT2D eigenvalue weighted by molar-refractivity contribution is 5.84. The molecule has 0 saturated carbocycles. The van der Waals surface area contributed by atoms with Crippen LogP contribution in [0.5, 0.6) is 0 Å². The third-order valence-electron chi connectivity index (χ3n) is 4.81. The summed E-state index contributed by atoms with van der Waals surface area (Å²) in [5.74, 6) is 2.74. The van der Waals surface area contributed by atoms with Gasteiger partial charge in [0.2, 0.25) is 0 Å². The van der Waals surface area contributed by atoms with Crippen molar-refractivity contribution in [2.24, 2.45) is 17.6 Å². The third-order valence-corrected chi connectivity index (χ3v) is 4.81. The van der Waals surface area contributed by atoms with E-state index in [4.69, 9.17) is 10.7 Å². The molecule has 0 unspecified atom stereocenters. The Morgan fingerprint density at radius 1 is 1.24 bits per heavy atom. The lowest BCUT2D eigenvalue weighted by Crippen LogP contribution is -2.35. The van der Waals surface area contributed by atoms with Crippen LogP contribution in [0.3, 0.4) is 0 Å². The van der Waals surface area contributed by atoms with E-state index in [1.54, 1.807) is 0 Å². The second-order valence-electron chi connectivity index (χ2n) is 6.43. The Balaban J connectivity index is 1.88. The Morgan fingerprint density at radius 3 is 2.62 bits per heavy atom. The second-order valence-corrected chi connectivity index (χ2v) is 6.43. The highest BCUT2D eigenvalue weighted by Gasteiger charge is 2.22. The average molecular weight is 283 g/mol. The number of nitrogens with two attached hydrogens (primary N) is 1. The Labute approximate surface area is 127 Å². The number of pyridine rings is 1. The molecule has 1 saturated heterocycles. The van der Waals surface area contributed by atoms with Crippen molar-refractivity contribution in [3.63, 3.8) is 0 Å². The summed E-state index contributed by atoms with van der Waals surface area (Å²) in [5.41, 5.74) is 8.18. The smallest absolute Gasteiger partial charge is 0.129 e. The number of aromatic nitrogens is 1. The quantitative estimate of drug-likeness (QED) is 0.936. The molecule has 0 aliphatic carbocycles. The van der Waals surface area contributed by atoms with Crippen molar-refractivity contribution in [3.05, 3.63) is 35.9 Å². The normalized spacial score (nSPS) is 16.9. The molecule has 0 amide bonds. The van der Waals surface area contributed by atoms with Crippen LogP contribution in [-0.2, 0) is 6.54 Å². The first-order valence-electron chi connectivity index (χ1n) is 8.02. The van der Waals surface area contributed by atoms with Crippen LogP contribution in [0.15, 0.2) is 30.3 Å². The number of piperidine rings is 1. The molecule has 1 aliphatic heterocycles. The fraction of sp³-hybridized carbons (Fsp3) is 0.500. The standard InChI is InChI=1S/C18H25N3/c1-13(2)14-7-9-21(10-8-14)18-11-15(12-19)16-5-3-4-6-17(16)20-18/h3-6,11,13-14H,7-10,12,19H2,1-2H3. The molecule has 2 N–H and O–H groups in total. The molecular formula is C18H25N3. The number of rotatable bonds is 3. The molecule has 0 spiro atoms. The van der Waals surface area contributed by atoms with Crippen LogP contribution in [0.25, 0.3) is 10.9 Å². The second kappa shape index (κ2) is 6.02. The number of hydrogen-bond donors (Lipinski definition) is 1. The molecule has 1 aromatic carbocycles. The van der Waals surface area contributed by atoms with Crippen molar-refractivity contribution in [2.75, 3.05) is 18.0 Å². The SMILES string of the molecule is CC(C)C1CCN(c2cc(CN)c3ccccc3n2)CC1. The molecule has 3 nitrogen and oxygen atoms in total. The van der Waals surface area contributed by atoms with Crippen LogP contribution in [0.1, 0.15) is 32.3 Å². The molecule has 3 rings (SSSR count). The van der Waals surface area contributed by atoms with Gasteiger partial charge in [0, 0.05) is 25.0 Å². The van der Waals surface area contributed by atoms with E-state index in [1.165, 1.54) is 23.8 Å². The van der Waals surface area contributed by atoms with Crippen LogP contribution in [0, 0.1) is 11.8 Å². The van der Waals surface area contributed by atoms with Gasteiger partial charge in [0.25, 0.3) is 0 Å². The van der Waals surface area contributed by atoms with Crippen molar-refractivity contribution in [2.45, 2.75) is 33.2 Å². The number of para-hydroxylation sites is 1. The van der Waals surface area contributed by atoms with Gasteiger partial charge in [-0.3, -0.25) is 0 Å². The van der Waals surface area contributed by atoms with Gasteiger partial charge in [-0.05, 0) is 42.4 Å². The van der Waals surface area contributed by atoms with E-state index in [9.17, 15) is 0 Å². The summed E-state index contributed by atoms with van der Waals surface area (Å²) in [5, 5.41) is 1.18. The Morgan fingerprint density at radius 2 is 1.95 bits per heavy atom. The number of fused-ring (bicyclic) bond motifs is 1. The van der Waals surface area contributed by atoms with E-state index in [0.29, 0.717) is 6.54 Å². The van der Waals surface area contributed by atoms with Gasteiger partial charge in [0.05, 0.1) is 5.52 Å². The van der Waals surface area contributed by atoms with E-state index in [-0.39, 0.29) is 0 Å². The minimum Gasteiger partial charge on any atom is -0.357 e. The van der Waals surface area contributed by atoms with Crippen LogP contribution in [0.2, 0.25) is 0 Å². The molecule has 112 valence electrons. The van der Waals surface area contributed by atoms with Gasteiger partial charge in [0.15, 0.2) is 0 Å². The highest BCUT2D eigenvalue weighted by atomic mass is 15.2. The van der Waals surface area contributed by atoms with Gasteiger partial charge in [-0.25, -0.2) is 4.98 Å². The molecule has 2 heterocycles. The Kier molecular flexibility index (Phi) is 4.11. The third kappa shape index (κ3) is 2.88. The topological polar surface area (TPSA) is 42.1 Å². The van der Waals surface area contributed by atoms with Crippen LogP contribution < -0.4 is 10.6 Å². The summed E-state index contributed by atoms with van der Waals surface area (Å²) in [6, 6.07) is 10.5. The van der Waals surface area contributed by atoms with Gasteiger partial charge in [-0.1, -0.05) is 32.0 Å². The van der Waals surface area contributed by atoms with Gasteiger partial charge < -0.3 is 10.6 Å². The van der Waals surface area contributed by atoms with Gasteiger partial charge >= 0.3 is 0 Å². The predicted molar refractivity (Wildman–Crippen MR) is 89.4 cm³/mol. The van der Waals surface area contributed by atoms with Crippen LogP contribution in [0.4, 0.5) is 5.82 Å². The van der Waals surface area contributed by atoms with E-state index >= 15 is 0 Å². The van der Waals surface area contributed by atoms with Crippen LogP contribution >= 0.6 is 0 Å². The summed E-state index contributed by atoms with van der Waals surface area (Å²) >= 11 is 0. The molecule has 3 heteroatoms. The fourth-order valence-corrected chi connectivity index (χ4v) is 3.36. The molecule has 21 heavy (non-hydrogen) atoms. The highest BCUT2D eigenvalue weighted by Crippen LogP contribution is 2.29. The minimum absolute atomic E-state index is 0.568. The first-order chi connectivity index (χ1) is 10.2. The van der Waals surface area contributed by atoms with Crippen molar-refractivity contribution in [1.29, 1.82) is 0 Å². The largest absolute Gasteiger partial charge is 0.357 e. The van der Waals surface area contributed by atoms with Gasteiger partial charge in [0.1, 0.15) is 5.82 Å². The summed E-state index contributed by atoms with van der Waals surface area (Å²) in [4.78, 5) is 7.27. The van der Waals surface area contributed by atoms with E-state index in [0.717, 1.165) is 36.3 Å². The lowest BCUT2D eigenvalue weighted by atomic mass is 9.87. The van der Waals surface area contributed by atoms with E-state index < -0.39 is 0 Å². The molecule has 1 aliphatic rings. The van der Waals surface area contributed by atoms with Crippen LogP contribution in [-0.4, -0.2) is 18.1 Å².